The first-order chi connectivity index (χ1) is 3.21. The minimum Gasteiger partial charge on any atom is -0.246 e. The van der Waals surface area contributed by atoms with Crippen LogP contribution in [-0.4, -0.2) is 73.0 Å². The summed E-state index contributed by atoms with van der Waals surface area (Å²) in [4.78, 5) is 0. The zero-order chi connectivity index (χ0) is 5.33. The third-order valence-corrected chi connectivity index (χ3v) is 1.45. The Morgan fingerprint density at radius 1 is 1.12 bits per heavy atom. The Balaban J connectivity index is 0.000000490. The third-order valence-electron chi connectivity index (χ3n) is 0.539. The van der Waals surface area contributed by atoms with E-state index in [-0.39, 0.29) is 64.6 Å². The van der Waals surface area contributed by atoms with Crippen molar-refractivity contribution in [2.75, 3.05) is 13.2 Å². The molecule has 0 amide bonds. The second-order valence-electron chi connectivity index (χ2n) is 1.05. The molecule has 0 atom stereocenters. The SMILES string of the molecule is O=S1(=O)OCCO1.[K]. The van der Waals surface area contributed by atoms with E-state index < -0.39 is 10.4 Å². The van der Waals surface area contributed by atoms with Gasteiger partial charge in [0.1, 0.15) is 0 Å². The van der Waals surface area contributed by atoms with Crippen LogP contribution in [0.3, 0.4) is 0 Å². The van der Waals surface area contributed by atoms with E-state index in [1.54, 1.807) is 0 Å². The molecular weight excluding hydrogens is 159 g/mol. The van der Waals surface area contributed by atoms with Crippen LogP contribution in [0.2, 0.25) is 0 Å². The first-order valence-electron chi connectivity index (χ1n) is 1.74. The van der Waals surface area contributed by atoms with Crippen LogP contribution in [0, 0.1) is 0 Å². The molecule has 1 aliphatic heterocycles. The second kappa shape index (κ2) is 3.62. The van der Waals surface area contributed by atoms with Gasteiger partial charge in [-0.15, -0.1) is 0 Å². The molecule has 0 spiro atoms. The van der Waals surface area contributed by atoms with E-state index in [0.717, 1.165) is 0 Å². The quantitative estimate of drug-likeness (QED) is 0.425. The topological polar surface area (TPSA) is 52.6 Å². The van der Waals surface area contributed by atoms with Gasteiger partial charge in [-0.1, -0.05) is 0 Å². The fourth-order valence-corrected chi connectivity index (χ4v) is 0.919. The van der Waals surface area contributed by atoms with Crippen LogP contribution in [0.15, 0.2) is 0 Å². The van der Waals surface area contributed by atoms with Gasteiger partial charge in [-0.05, 0) is 0 Å². The van der Waals surface area contributed by atoms with Crippen molar-refractivity contribution >= 4 is 61.8 Å². The molecule has 0 N–H and O–H groups in total. The molecule has 0 aromatic heterocycles. The summed E-state index contributed by atoms with van der Waals surface area (Å²) in [7, 11) is -3.55. The van der Waals surface area contributed by atoms with Gasteiger partial charge in [0.05, 0.1) is 13.2 Å². The van der Waals surface area contributed by atoms with Crippen LogP contribution in [-0.2, 0) is 18.8 Å². The van der Waals surface area contributed by atoms with E-state index in [4.69, 9.17) is 0 Å². The summed E-state index contributed by atoms with van der Waals surface area (Å²) in [5.41, 5.74) is 0. The van der Waals surface area contributed by atoms with Crippen molar-refractivity contribution < 1.29 is 16.8 Å². The summed E-state index contributed by atoms with van der Waals surface area (Å²) in [6.45, 7) is 0.310. The van der Waals surface area contributed by atoms with Crippen molar-refractivity contribution in [1.82, 2.24) is 0 Å². The van der Waals surface area contributed by atoms with E-state index >= 15 is 0 Å². The molecule has 1 rings (SSSR count). The van der Waals surface area contributed by atoms with Crippen LogP contribution in [0.25, 0.3) is 0 Å². The molecule has 0 unspecified atom stereocenters. The summed E-state index contributed by atoms with van der Waals surface area (Å²) in [5, 5.41) is 0. The van der Waals surface area contributed by atoms with Crippen LogP contribution in [0.1, 0.15) is 0 Å². The molecule has 4 nitrogen and oxygen atoms in total. The Hall–Kier alpha value is 1.51. The zero-order valence-electron chi connectivity index (χ0n) is 4.46. The fourth-order valence-electron chi connectivity index (χ4n) is 0.306. The van der Waals surface area contributed by atoms with Crippen LogP contribution >= 0.6 is 0 Å². The van der Waals surface area contributed by atoms with Gasteiger partial charge < -0.3 is 0 Å². The Labute approximate surface area is 90.3 Å². The third kappa shape index (κ3) is 2.88. The molecule has 0 aromatic carbocycles. The monoisotopic (exact) mass is 163 g/mol. The van der Waals surface area contributed by atoms with Gasteiger partial charge in [0, 0.05) is 51.4 Å². The smallest absolute Gasteiger partial charge is 0.246 e. The Bertz CT molecular complexity index is 137. The molecule has 1 fully saturated rings. The van der Waals surface area contributed by atoms with Crippen LogP contribution < -0.4 is 0 Å². The normalized spacial score (nSPS) is 24.5. The van der Waals surface area contributed by atoms with Gasteiger partial charge in [-0.2, -0.15) is 8.42 Å². The number of rotatable bonds is 0. The molecule has 1 heterocycles. The van der Waals surface area contributed by atoms with Gasteiger partial charge in [-0.3, -0.25) is 0 Å². The molecule has 43 valence electrons. The molecule has 1 radical (unpaired) electrons. The zero-order valence-corrected chi connectivity index (χ0v) is 8.40. The molecule has 1 saturated heterocycles. The van der Waals surface area contributed by atoms with Gasteiger partial charge in [0.2, 0.25) is 0 Å². The minimum atomic E-state index is -3.55. The largest absolute Gasteiger partial charge is 0.400 e. The standard InChI is InChI=1S/C2H4O4S.K/c3-7(4)5-1-2-6-7;/h1-2H2;. The average molecular weight is 163 g/mol. The van der Waals surface area contributed by atoms with Crippen molar-refractivity contribution in [3.05, 3.63) is 0 Å². The molecule has 0 aliphatic carbocycles. The summed E-state index contributed by atoms with van der Waals surface area (Å²) < 4.78 is 28.2. The van der Waals surface area contributed by atoms with Crippen molar-refractivity contribution in [3.63, 3.8) is 0 Å². The Morgan fingerprint density at radius 3 is 1.62 bits per heavy atom. The first-order valence-corrected chi connectivity index (χ1v) is 3.08. The predicted octanol–water partition coefficient (Wildman–Crippen LogP) is -1.10. The molecule has 8 heavy (non-hydrogen) atoms. The van der Waals surface area contributed by atoms with Crippen molar-refractivity contribution in [2.45, 2.75) is 0 Å². The maximum Gasteiger partial charge on any atom is 0.400 e. The van der Waals surface area contributed by atoms with Gasteiger partial charge >= 0.3 is 10.4 Å². The van der Waals surface area contributed by atoms with Gasteiger partial charge in [-0.25, -0.2) is 8.37 Å². The summed E-state index contributed by atoms with van der Waals surface area (Å²) in [6, 6.07) is 0. The van der Waals surface area contributed by atoms with E-state index in [1.807, 2.05) is 0 Å². The van der Waals surface area contributed by atoms with E-state index in [0.29, 0.717) is 0 Å². The molecule has 1 aliphatic rings. The Morgan fingerprint density at radius 2 is 1.50 bits per heavy atom. The van der Waals surface area contributed by atoms with Crippen molar-refractivity contribution in [2.24, 2.45) is 0 Å². The van der Waals surface area contributed by atoms with E-state index in [9.17, 15) is 8.42 Å². The van der Waals surface area contributed by atoms with E-state index in [1.165, 1.54) is 0 Å². The van der Waals surface area contributed by atoms with Crippen LogP contribution in [0.5, 0.6) is 0 Å². The second-order valence-corrected chi connectivity index (χ2v) is 2.34. The maximum absolute atomic E-state index is 9.99. The Kier molecular flexibility index (Phi) is 4.30. The predicted molar refractivity (Wildman–Crippen MR) is 26.6 cm³/mol. The van der Waals surface area contributed by atoms with Gasteiger partial charge in [0.15, 0.2) is 0 Å². The van der Waals surface area contributed by atoms with Crippen LogP contribution in [0.4, 0.5) is 0 Å². The molecule has 0 saturated carbocycles. The minimum absolute atomic E-state index is 0. The van der Waals surface area contributed by atoms with E-state index in [2.05, 4.69) is 8.37 Å². The number of hydrogen-bond acceptors (Lipinski definition) is 4. The molecule has 6 heteroatoms. The molecule has 0 aromatic rings. The van der Waals surface area contributed by atoms with Crippen molar-refractivity contribution in [3.8, 4) is 0 Å². The summed E-state index contributed by atoms with van der Waals surface area (Å²) in [5.74, 6) is 0. The van der Waals surface area contributed by atoms with Crippen molar-refractivity contribution in [1.29, 1.82) is 0 Å². The molecular formula is C2H4KO4S. The van der Waals surface area contributed by atoms with Gasteiger partial charge in [0.25, 0.3) is 0 Å². The average Bonchev–Trinajstić information content (AvgIpc) is 1.84. The first kappa shape index (κ1) is 9.51. The fraction of sp³-hybridized carbons (Fsp3) is 1.00. The molecule has 0 bridgehead atoms. The summed E-state index contributed by atoms with van der Waals surface area (Å²) in [6.07, 6.45) is 0. The summed E-state index contributed by atoms with van der Waals surface area (Å²) >= 11 is 0. The number of hydrogen-bond donors (Lipinski definition) is 0. The maximum atomic E-state index is 9.99.